The fraction of sp³-hybridized carbons (Fsp3) is 0.571. The number of methoxy groups -OCH3 is 1. The number of nitrogens with one attached hydrogen (secondary N) is 1. The van der Waals surface area contributed by atoms with E-state index < -0.39 is 23.7 Å². The molecule has 1 saturated carbocycles. The monoisotopic (exact) mass is 657 g/mol. The maximum atomic E-state index is 13.9. The molecule has 11 heteroatoms. The number of aromatic carboxylic acids is 1. The molecule has 3 N–H and O–H groups in total. The van der Waals surface area contributed by atoms with Crippen LogP contribution in [0.2, 0.25) is 0 Å². The fourth-order valence-corrected chi connectivity index (χ4v) is 7.15. The molecule has 5 rings (SSSR count). The third-order valence-electron chi connectivity index (χ3n) is 9.87. The van der Waals surface area contributed by atoms with E-state index in [1.54, 1.807) is 6.07 Å². The molecule has 46 heavy (non-hydrogen) atoms. The molecule has 3 aliphatic rings. The van der Waals surface area contributed by atoms with Crippen LogP contribution in [0.5, 0.6) is 17.2 Å². The Labute approximate surface area is 277 Å². The molecule has 2 aromatic rings. The number of piperidine rings is 1. The number of aliphatic hydroxyl groups is 1. The first-order valence-electron chi connectivity index (χ1n) is 16.5. The molecule has 1 unspecified atom stereocenters. The molecule has 1 aliphatic carbocycles. The van der Waals surface area contributed by atoms with Gasteiger partial charge in [0.15, 0.2) is 11.5 Å². The van der Waals surface area contributed by atoms with E-state index >= 15 is 0 Å². The second kappa shape index (κ2) is 16.0. The molecule has 10 nitrogen and oxygen atoms in total. The SMILES string of the molecule is CCCCN1C(=O)[C@@H](C(O)C2CCCCCC2)NC(=O)C12CCN(Cc1ccc(Oc3ccc(C(=O)O)cc3OC)cc1)CC2.Cl. The zero-order valence-corrected chi connectivity index (χ0v) is 27.7. The summed E-state index contributed by atoms with van der Waals surface area (Å²) >= 11 is 0. The lowest BCUT2D eigenvalue weighted by molar-refractivity contribution is -0.165. The van der Waals surface area contributed by atoms with Gasteiger partial charge in [0.05, 0.1) is 18.8 Å². The number of carboxylic acid groups (broad SMARTS) is 1. The Morgan fingerprint density at radius 3 is 2.30 bits per heavy atom. The van der Waals surface area contributed by atoms with Gasteiger partial charge in [-0.05, 0) is 73.9 Å². The molecule has 2 aromatic carbocycles. The van der Waals surface area contributed by atoms with Crippen LogP contribution in [0.25, 0.3) is 0 Å². The molecule has 2 aliphatic heterocycles. The molecule has 2 atom stereocenters. The number of hydrogen-bond acceptors (Lipinski definition) is 7. The van der Waals surface area contributed by atoms with Crippen molar-refractivity contribution in [1.29, 1.82) is 0 Å². The van der Waals surface area contributed by atoms with Crippen LogP contribution < -0.4 is 14.8 Å². The maximum Gasteiger partial charge on any atom is 0.335 e. The fourth-order valence-electron chi connectivity index (χ4n) is 7.15. The van der Waals surface area contributed by atoms with Gasteiger partial charge in [0.2, 0.25) is 11.8 Å². The summed E-state index contributed by atoms with van der Waals surface area (Å²) in [7, 11) is 1.47. The van der Waals surface area contributed by atoms with Crippen molar-refractivity contribution < 1.29 is 34.1 Å². The smallest absolute Gasteiger partial charge is 0.335 e. The van der Waals surface area contributed by atoms with Gasteiger partial charge < -0.3 is 29.9 Å². The Morgan fingerprint density at radius 2 is 1.70 bits per heavy atom. The van der Waals surface area contributed by atoms with Crippen LogP contribution in [0.4, 0.5) is 0 Å². The van der Waals surface area contributed by atoms with Gasteiger partial charge in [0.1, 0.15) is 17.3 Å². The Kier molecular flexibility index (Phi) is 12.3. The lowest BCUT2D eigenvalue weighted by Crippen LogP contribution is -2.75. The molecular formula is C35H48ClN3O7. The lowest BCUT2D eigenvalue weighted by Gasteiger charge is -2.52. The van der Waals surface area contributed by atoms with Gasteiger partial charge in [-0.3, -0.25) is 14.5 Å². The van der Waals surface area contributed by atoms with Crippen molar-refractivity contribution in [2.75, 3.05) is 26.7 Å². The number of ether oxygens (including phenoxy) is 2. The Balaban J connectivity index is 0.00000480. The average Bonchev–Trinajstić information content (AvgIpc) is 3.34. The summed E-state index contributed by atoms with van der Waals surface area (Å²) in [5.41, 5.74) is 0.328. The van der Waals surface area contributed by atoms with Crippen molar-refractivity contribution >= 4 is 30.2 Å². The highest BCUT2D eigenvalue weighted by Crippen LogP contribution is 2.37. The van der Waals surface area contributed by atoms with Crippen molar-refractivity contribution in [3.8, 4) is 17.2 Å². The lowest BCUT2D eigenvalue weighted by atomic mass is 9.79. The molecule has 0 bridgehead atoms. The van der Waals surface area contributed by atoms with E-state index in [1.165, 1.54) is 19.2 Å². The summed E-state index contributed by atoms with van der Waals surface area (Å²) in [5, 5.41) is 23.5. The molecular weight excluding hydrogens is 610 g/mol. The number of amides is 2. The highest BCUT2D eigenvalue weighted by molar-refractivity contribution is 6.00. The van der Waals surface area contributed by atoms with E-state index in [2.05, 4.69) is 17.1 Å². The molecule has 2 heterocycles. The summed E-state index contributed by atoms with van der Waals surface area (Å²) < 4.78 is 11.3. The minimum absolute atomic E-state index is 0. The van der Waals surface area contributed by atoms with Crippen molar-refractivity contribution in [1.82, 2.24) is 15.1 Å². The first-order valence-corrected chi connectivity index (χ1v) is 16.5. The van der Waals surface area contributed by atoms with E-state index in [4.69, 9.17) is 9.47 Å². The van der Waals surface area contributed by atoms with Gasteiger partial charge in [-0.2, -0.15) is 0 Å². The van der Waals surface area contributed by atoms with Crippen molar-refractivity contribution in [2.24, 2.45) is 5.92 Å². The number of likely N-dealkylation sites (tertiary alicyclic amines) is 1. The van der Waals surface area contributed by atoms with Crippen molar-refractivity contribution in [3.05, 3.63) is 53.6 Å². The van der Waals surface area contributed by atoms with Crippen LogP contribution in [0.15, 0.2) is 42.5 Å². The maximum absolute atomic E-state index is 13.9. The quantitative estimate of drug-likeness (QED) is 0.274. The van der Waals surface area contributed by atoms with E-state index in [9.17, 15) is 24.6 Å². The number of benzene rings is 2. The molecule has 252 valence electrons. The second-order valence-corrected chi connectivity index (χ2v) is 12.8. The zero-order valence-electron chi connectivity index (χ0n) is 26.9. The predicted octanol–water partition coefficient (Wildman–Crippen LogP) is 5.40. The van der Waals surface area contributed by atoms with E-state index in [-0.39, 0.29) is 35.7 Å². The molecule has 2 amide bonds. The number of aliphatic hydroxyl groups excluding tert-OH is 1. The summed E-state index contributed by atoms with van der Waals surface area (Å²) in [6, 6.07) is 11.3. The van der Waals surface area contributed by atoms with Crippen LogP contribution >= 0.6 is 12.4 Å². The molecule has 0 radical (unpaired) electrons. The summed E-state index contributed by atoms with van der Waals surface area (Å²) in [6.07, 6.45) is 8.23. The number of carbonyl (C=O) groups is 3. The van der Waals surface area contributed by atoms with Crippen LogP contribution in [-0.4, -0.2) is 82.2 Å². The number of carbonyl (C=O) groups excluding carboxylic acids is 2. The van der Waals surface area contributed by atoms with Crippen LogP contribution in [0.1, 0.15) is 87.1 Å². The standard InChI is InChI=1S/C35H47N3O7.ClH/c1-3-4-19-38-32(40)30(31(39)25-9-7-5-6-8-10-25)36-34(43)35(38)17-20-37(21-18-35)23-24-11-14-27(15-12-24)45-28-16-13-26(33(41)42)22-29(28)44-2;/h11-16,22,25,30-31,39H,3-10,17-21,23H2,1-2H3,(H,36,43)(H,41,42);1H/t30-,31?;/m1./s1. The number of rotatable bonds is 11. The van der Waals surface area contributed by atoms with Crippen LogP contribution in [0, 0.1) is 5.92 Å². The first-order chi connectivity index (χ1) is 21.8. The van der Waals surface area contributed by atoms with Gasteiger partial charge in [0.25, 0.3) is 0 Å². The number of piperazine rings is 1. The van der Waals surface area contributed by atoms with Crippen LogP contribution in [0.3, 0.4) is 0 Å². The number of hydrogen-bond donors (Lipinski definition) is 3. The highest BCUT2D eigenvalue weighted by atomic mass is 35.5. The number of nitrogens with zero attached hydrogens (tertiary/aromatic N) is 2. The normalized spacial score (nSPS) is 21.2. The number of unbranched alkanes of at least 4 members (excludes halogenated alkanes) is 1. The van der Waals surface area contributed by atoms with E-state index in [0.717, 1.165) is 56.9 Å². The number of halogens is 1. The third kappa shape index (κ3) is 7.78. The minimum atomic E-state index is -1.04. The minimum Gasteiger partial charge on any atom is -0.493 e. The molecule has 2 saturated heterocycles. The molecule has 0 aromatic heterocycles. The van der Waals surface area contributed by atoms with Gasteiger partial charge >= 0.3 is 5.97 Å². The van der Waals surface area contributed by atoms with E-state index in [0.29, 0.717) is 56.3 Å². The van der Waals surface area contributed by atoms with Crippen molar-refractivity contribution in [3.63, 3.8) is 0 Å². The van der Waals surface area contributed by atoms with Crippen LogP contribution in [-0.2, 0) is 16.1 Å². The number of carboxylic acids is 1. The predicted molar refractivity (Wildman–Crippen MR) is 177 cm³/mol. The Morgan fingerprint density at radius 1 is 1.02 bits per heavy atom. The highest BCUT2D eigenvalue weighted by Gasteiger charge is 2.55. The van der Waals surface area contributed by atoms with Gasteiger partial charge in [0, 0.05) is 26.2 Å². The first kappa shape index (κ1) is 35.5. The Hall–Kier alpha value is -3.34. The third-order valence-corrected chi connectivity index (χ3v) is 9.87. The summed E-state index contributed by atoms with van der Waals surface area (Å²) in [4.78, 5) is 43.1. The van der Waals surface area contributed by atoms with Gasteiger partial charge in [-0.1, -0.05) is 51.2 Å². The summed E-state index contributed by atoms with van der Waals surface area (Å²) in [5.74, 6) is 0.120. The average molecular weight is 658 g/mol. The topological polar surface area (TPSA) is 129 Å². The van der Waals surface area contributed by atoms with E-state index in [1.807, 2.05) is 29.2 Å². The molecule has 3 fully saturated rings. The second-order valence-electron chi connectivity index (χ2n) is 12.8. The Bertz CT molecular complexity index is 1340. The van der Waals surface area contributed by atoms with Crippen molar-refractivity contribution in [2.45, 2.75) is 95.4 Å². The summed E-state index contributed by atoms with van der Waals surface area (Å²) in [6.45, 7) is 4.65. The zero-order chi connectivity index (χ0) is 32.0. The largest absolute Gasteiger partial charge is 0.493 e. The molecule has 1 spiro atoms. The van der Waals surface area contributed by atoms with Gasteiger partial charge in [-0.15, -0.1) is 12.4 Å². The van der Waals surface area contributed by atoms with Gasteiger partial charge in [-0.25, -0.2) is 4.79 Å².